The van der Waals surface area contributed by atoms with Crippen LogP contribution in [0.4, 0.5) is 0 Å². The summed E-state index contributed by atoms with van der Waals surface area (Å²) < 4.78 is 8.83. The molecule has 1 fully saturated rings. The minimum absolute atomic E-state index is 0.0454. The van der Waals surface area contributed by atoms with Gasteiger partial charge in [0.1, 0.15) is 0 Å². The van der Waals surface area contributed by atoms with Gasteiger partial charge in [-0.2, -0.15) is 0 Å². The van der Waals surface area contributed by atoms with Crippen LogP contribution in [0, 0.1) is 0 Å². The highest BCUT2D eigenvalue weighted by molar-refractivity contribution is 5.76. The number of rotatable bonds is 4. The molecule has 114 valence electrons. The molecular formula is C16H22N2O3. The van der Waals surface area contributed by atoms with Crippen LogP contribution in [0.3, 0.4) is 0 Å². The number of aryl methyl sites for hydroxylation is 2. The third kappa shape index (κ3) is 2.63. The van der Waals surface area contributed by atoms with Gasteiger partial charge in [-0.1, -0.05) is 6.07 Å². The standard InChI is InChI=1S/C16H22N2O3/c1-17-13-7-5-11(10-14(13)18(2)16(17)20)15(19)8-6-12-4-3-9-21-12/h5,7,10,12,15,19H,3-4,6,8-9H2,1-2H3. The molecule has 1 aliphatic heterocycles. The molecule has 0 radical (unpaired) electrons. The van der Waals surface area contributed by atoms with E-state index in [-0.39, 0.29) is 5.69 Å². The minimum Gasteiger partial charge on any atom is -0.388 e. The predicted octanol–water partition coefficient (Wildman–Crippen LogP) is 1.87. The molecule has 21 heavy (non-hydrogen) atoms. The van der Waals surface area contributed by atoms with Crippen LogP contribution in [-0.4, -0.2) is 27.0 Å². The first kappa shape index (κ1) is 14.4. The van der Waals surface area contributed by atoms with Crippen molar-refractivity contribution in [2.45, 2.75) is 37.9 Å². The molecule has 5 heteroatoms. The van der Waals surface area contributed by atoms with Crippen molar-refractivity contribution in [2.24, 2.45) is 14.1 Å². The van der Waals surface area contributed by atoms with E-state index in [4.69, 9.17) is 4.74 Å². The monoisotopic (exact) mass is 290 g/mol. The number of fused-ring (bicyclic) bond motifs is 1. The Morgan fingerprint density at radius 1 is 1.33 bits per heavy atom. The minimum atomic E-state index is -0.506. The predicted molar refractivity (Wildman–Crippen MR) is 81.3 cm³/mol. The molecule has 0 aliphatic carbocycles. The first-order chi connectivity index (χ1) is 10.1. The molecule has 0 amide bonds. The normalized spacial score (nSPS) is 20.2. The molecule has 5 nitrogen and oxygen atoms in total. The van der Waals surface area contributed by atoms with Crippen molar-refractivity contribution in [3.05, 3.63) is 34.2 Å². The number of benzene rings is 1. The summed E-state index contributed by atoms with van der Waals surface area (Å²) in [5.41, 5.74) is 2.56. The van der Waals surface area contributed by atoms with Crippen molar-refractivity contribution in [2.75, 3.05) is 6.61 Å². The van der Waals surface area contributed by atoms with Crippen LogP contribution >= 0.6 is 0 Å². The van der Waals surface area contributed by atoms with Gasteiger partial charge in [-0.3, -0.25) is 9.13 Å². The van der Waals surface area contributed by atoms with Gasteiger partial charge in [0.25, 0.3) is 0 Å². The molecule has 2 atom stereocenters. The molecule has 0 saturated carbocycles. The molecule has 1 aromatic heterocycles. The average molecular weight is 290 g/mol. The first-order valence-corrected chi connectivity index (χ1v) is 7.53. The molecular weight excluding hydrogens is 268 g/mol. The summed E-state index contributed by atoms with van der Waals surface area (Å²) >= 11 is 0. The first-order valence-electron chi connectivity index (χ1n) is 7.53. The highest BCUT2D eigenvalue weighted by Crippen LogP contribution is 2.25. The molecule has 1 saturated heterocycles. The second kappa shape index (κ2) is 5.66. The molecule has 2 aromatic rings. The molecule has 0 spiro atoms. The summed E-state index contributed by atoms with van der Waals surface area (Å²) in [4.78, 5) is 11.9. The Hall–Kier alpha value is -1.59. The molecule has 0 bridgehead atoms. The molecule has 1 aliphatic rings. The van der Waals surface area contributed by atoms with Crippen LogP contribution in [0.2, 0.25) is 0 Å². The molecule has 1 aromatic carbocycles. The molecule has 3 rings (SSSR count). The number of imidazole rings is 1. The number of aromatic nitrogens is 2. The van der Waals surface area contributed by atoms with Crippen molar-refractivity contribution in [1.82, 2.24) is 9.13 Å². The zero-order chi connectivity index (χ0) is 15.0. The van der Waals surface area contributed by atoms with Gasteiger partial charge >= 0.3 is 5.69 Å². The van der Waals surface area contributed by atoms with Crippen molar-refractivity contribution >= 4 is 11.0 Å². The summed E-state index contributed by atoms with van der Waals surface area (Å²) in [6, 6.07) is 5.72. The second-order valence-corrected chi connectivity index (χ2v) is 5.88. The largest absolute Gasteiger partial charge is 0.388 e. The van der Waals surface area contributed by atoms with Crippen LogP contribution in [0.1, 0.15) is 37.4 Å². The van der Waals surface area contributed by atoms with Crippen molar-refractivity contribution in [3.8, 4) is 0 Å². The summed E-state index contributed by atoms with van der Waals surface area (Å²) in [6.45, 7) is 0.846. The van der Waals surface area contributed by atoms with Crippen LogP contribution in [0.5, 0.6) is 0 Å². The van der Waals surface area contributed by atoms with Gasteiger partial charge in [-0.05, 0) is 43.4 Å². The van der Waals surface area contributed by atoms with Crippen molar-refractivity contribution in [3.63, 3.8) is 0 Å². The van der Waals surface area contributed by atoms with E-state index in [1.165, 1.54) is 0 Å². The number of aliphatic hydroxyl groups excluding tert-OH is 1. The number of nitrogens with zero attached hydrogens (tertiary/aromatic N) is 2. The fourth-order valence-electron chi connectivity index (χ4n) is 3.11. The maximum Gasteiger partial charge on any atom is 0.328 e. The van der Waals surface area contributed by atoms with Gasteiger partial charge in [0.05, 0.1) is 23.2 Å². The highest BCUT2D eigenvalue weighted by Gasteiger charge is 2.18. The van der Waals surface area contributed by atoms with E-state index in [2.05, 4.69) is 0 Å². The van der Waals surface area contributed by atoms with Crippen LogP contribution in [-0.2, 0) is 18.8 Å². The maximum atomic E-state index is 11.9. The Morgan fingerprint density at radius 3 is 2.81 bits per heavy atom. The van der Waals surface area contributed by atoms with Gasteiger partial charge in [0.2, 0.25) is 0 Å². The quantitative estimate of drug-likeness (QED) is 0.935. The van der Waals surface area contributed by atoms with E-state index in [1.807, 2.05) is 18.2 Å². The van der Waals surface area contributed by atoms with Crippen molar-refractivity contribution in [1.29, 1.82) is 0 Å². The van der Waals surface area contributed by atoms with Gasteiger partial charge in [0.15, 0.2) is 0 Å². The Kier molecular flexibility index (Phi) is 3.87. The van der Waals surface area contributed by atoms with Gasteiger partial charge in [-0.25, -0.2) is 4.79 Å². The van der Waals surface area contributed by atoms with Gasteiger partial charge in [0, 0.05) is 20.7 Å². The number of hydrogen-bond donors (Lipinski definition) is 1. The van der Waals surface area contributed by atoms with E-state index in [9.17, 15) is 9.90 Å². The lowest BCUT2D eigenvalue weighted by Gasteiger charge is -2.14. The van der Waals surface area contributed by atoms with Crippen LogP contribution in [0.15, 0.2) is 23.0 Å². The van der Waals surface area contributed by atoms with E-state index < -0.39 is 6.10 Å². The Morgan fingerprint density at radius 2 is 2.10 bits per heavy atom. The van der Waals surface area contributed by atoms with Crippen LogP contribution in [0.25, 0.3) is 11.0 Å². The Balaban J connectivity index is 1.79. The molecule has 2 unspecified atom stereocenters. The zero-order valence-electron chi connectivity index (χ0n) is 12.6. The summed E-state index contributed by atoms with van der Waals surface area (Å²) in [7, 11) is 3.52. The van der Waals surface area contributed by atoms with E-state index in [0.717, 1.165) is 42.5 Å². The lowest BCUT2D eigenvalue weighted by atomic mass is 10.0. The lowest BCUT2D eigenvalue weighted by molar-refractivity contribution is 0.0812. The van der Waals surface area contributed by atoms with E-state index in [1.54, 1.807) is 23.2 Å². The Labute approximate surface area is 123 Å². The summed E-state index contributed by atoms with van der Waals surface area (Å²) in [5, 5.41) is 10.4. The van der Waals surface area contributed by atoms with Gasteiger partial charge in [-0.15, -0.1) is 0 Å². The third-order valence-corrected chi connectivity index (χ3v) is 4.47. The van der Waals surface area contributed by atoms with E-state index in [0.29, 0.717) is 12.5 Å². The maximum absolute atomic E-state index is 11.9. The number of hydrogen-bond acceptors (Lipinski definition) is 3. The third-order valence-electron chi connectivity index (χ3n) is 4.47. The summed E-state index contributed by atoms with van der Waals surface area (Å²) in [6.07, 6.45) is 3.58. The Bertz CT molecular complexity index is 695. The van der Waals surface area contributed by atoms with E-state index >= 15 is 0 Å². The fourth-order valence-corrected chi connectivity index (χ4v) is 3.11. The molecule has 2 heterocycles. The average Bonchev–Trinajstić information content (AvgIpc) is 3.09. The van der Waals surface area contributed by atoms with Crippen LogP contribution < -0.4 is 5.69 Å². The smallest absolute Gasteiger partial charge is 0.328 e. The SMILES string of the molecule is Cn1c(=O)n(C)c2cc(C(O)CCC3CCCO3)ccc21. The number of ether oxygens (including phenoxy) is 1. The zero-order valence-corrected chi connectivity index (χ0v) is 12.6. The number of aliphatic hydroxyl groups is 1. The topological polar surface area (TPSA) is 56.4 Å². The fraction of sp³-hybridized carbons (Fsp3) is 0.562. The van der Waals surface area contributed by atoms with Crippen molar-refractivity contribution < 1.29 is 9.84 Å². The summed E-state index contributed by atoms with van der Waals surface area (Å²) in [5.74, 6) is 0. The lowest BCUT2D eigenvalue weighted by Crippen LogP contribution is -2.19. The second-order valence-electron chi connectivity index (χ2n) is 5.88. The highest BCUT2D eigenvalue weighted by atomic mass is 16.5. The van der Waals surface area contributed by atoms with Gasteiger partial charge < -0.3 is 9.84 Å². The molecule has 1 N–H and O–H groups in total.